The number of unbranched alkanes of at least 4 members (excludes halogenated alkanes) is 1. The molecule has 1 aromatic heterocycles. The van der Waals surface area contributed by atoms with Gasteiger partial charge in [-0.05, 0) is 24.5 Å². The summed E-state index contributed by atoms with van der Waals surface area (Å²) < 4.78 is 0. The first-order chi connectivity index (χ1) is 8.24. The molecule has 0 aliphatic heterocycles. The second-order valence-corrected chi connectivity index (χ2v) is 4.00. The van der Waals surface area contributed by atoms with Crippen LogP contribution in [0.3, 0.4) is 0 Å². The normalized spacial score (nSPS) is 10.6. The quantitative estimate of drug-likeness (QED) is 0.596. The molecule has 0 bridgehead atoms. The topological polar surface area (TPSA) is 56.0 Å². The fraction of sp³-hybridized carbons (Fsp3) is 0.308. The van der Waals surface area contributed by atoms with Gasteiger partial charge in [-0.25, -0.2) is 4.98 Å². The zero-order valence-corrected chi connectivity index (χ0v) is 9.72. The van der Waals surface area contributed by atoms with Gasteiger partial charge >= 0.3 is 0 Å². The van der Waals surface area contributed by atoms with Crippen LogP contribution in [0.25, 0.3) is 10.9 Å². The molecule has 0 amide bonds. The second-order valence-electron chi connectivity index (χ2n) is 4.00. The van der Waals surface area contributed by atoms with Gasteiger partial charge < -0.3 is 0 Å². The van der Waals surface area contributed by atoms with Crippen LogP contribution in [0.5, 0.6) is 0 Å². The molecule has 0 N–H and O–H groups in total. The molecule has 0 unspecified atom stereocenters. The summed E-state index contributed by atoms with van der Waals surface area (Å²) in [6.07, 6.45) is 4.79. The van der Waals surface area contributed by atoms with Gasteiger partial charge in [0.15, 0.2) is 0 Å². The number of pyridine rings is 1. The molecular weight excluding hydrogens is 216 g/mol. The van der Waals surface area contributed by atoms with E-state index in [1.807, 2.05) is 12.1 Å². The highest BCUT2D eigenvalue weighted by molar-refractivity contribution is 5.89. The minimum Gasteiger partial charge on any atom is -0.258 e. The summed E-state index contributed by atoms with van der Waals surface area (Å²) in [5.74, 6) is 0. The molecule has 88 valence electrons. The van der Waals surface area contributed by atoms with E-state index in [2.05, 4.69) is 11.9 Å². The zero-order valence-electron chi connectivity index (χ0n) is 9.72. The summed E-state index contributed by atoms with van der Waals surface area (Å²) in [6.45, 7) is 2.13. The molecule has 4 heteroatoms. The van der Waals surface area contributed by atoms with Crippen molar-refractivity contribution < 1.29 is 4.92 Å². The Balaban J connectivity index is 2.57. The third-order valence-electron chi connectivity index (χ3n) is 2.84. The summed E-state index contributed by atoms with van der Waals surface area (Å²) in [7, 11) is 0. The van der Waals surface area contributed by atoms with Gasteiger partial charge in [0.1, 0.15) is 5.52 Å². The smallest absolute Gasteiger partial charge is 0.258 e. The molecule has 0 fully saturated rings. The Morgan fingerprint density at radius 2 is 2.18 bits per heavy atom. The first kappa shape index (κ1) is 11.5. The molecule has 0 atom stereocenters. The summed E-state index contributed by atoms with van der Waals surface area (Å²) >= 11 is 0. The molecule has 1 aromatic carbocycles. The van der Waals surface area contributed by atoms with Crippen LogP contribution in [-0.4, -0.2) is 9.91 Å². The van der Waals surface area contributed by atoms with Gasteiger partial charge in [0.2, 0.25) is 0 Å². The number of aromatic nitrogens is 1. The van der Waals surface area contributed by atoms with E-state index in [4.69, 9.17) is 0 Å². The van der Waals surface area contributed by atoms with Crippen molar-refractivity contribution in [3.05, 3.63) is 46.1 Å². The number of nitro groups is 1. The van der Waals surface area contributed by atoms with Gasteiger partial charge in [0.05, 0.1) is 4.92 Å². The Hall–Kier alpha value is -1.97. The van der Waals surface area contributed by atoms with Crippen LogP contribution in [-0.2, 0) is 6.42 Å². The van der Waals surface area contributed by atoms with E-state index in [-0.39, 0.29) is 10.6 Å². The number of nitro benzene ring substituents is 1. The Kier molecular flexibility index (Phi) is 3.32. The number of fused-ring (bicyclic) bond motifs is 1. The molecule has 2 rings (SSSR count). The third kappa shape index (κ3) is 2.25. The van der Waals surface area contributed by atoms with E-state index < -0.39 is 0 Å². The highest BCUT2D eigenvalue weighted by atomic mass is 16.6. The van der Waals surface area contributed by atoms with E-state index >= 15 is 0 Å². The minimum atomic E-state index is -0.376. The number of hydrogen-bond acceptors (Lipinski definition) is 3. The lowest BCUT2D eigenvalue weighted by Crippen LogP contribution is -1.94. The Morgan fingerprint density at radius 3 is 2.88 bits per heavy atom. The second kappa shape index (κ2) is 4.91. The van der Waals surface area contributed by atoms with E-state index in [1.165, 1.54) is 6.07 Å². The highest BCUT2D eigenvalue weighted by Gasteiger charge is 2.13. The molecule has 1 heterocycles. The van der Waals surface area contributed by atoms with Crippen LogP contribution in [0.1, 0.15) is 25.3 Å². The summed E-state index contributed by atoms with van der Waals surface area (Å²) in [5, 5.41) is 11.8. The van der Waals surface area contributed by atoms with Gasteiger partial charge in [0.25, 0.3) is 5.69 Å². The largest absolute Gasteiger partial charge is 0.295 e. The van der Waals surface area contributed by atoms with Crippen molar-refractivity contribution in [2.24, 2.45) is 0 Å². The van der Waals surface area contributed by atoms with Crippen molar-refractivity contribution >= 4 is 16.6 Å². The fourth-order valence-corrected chi connectivity index (χ4v) is 1.95. The van der Waals surface area contributed by atoms with Crippen LogP contribution in [0.4, 0.5) is 5.69 Å². The lowest BCUT2D eigenvalue weighted by atomic mass is 10.0. The Labute approximate surface area is 99.4 Å². The predicted octanol–water partition coefficient (Wildman–Crippen LogP) is 3.49. The maximum Gasteiger partial charge on any atom is 0.295 e. The SMILES string of the molecule is CCCCc1ccnc2c([N+](=O)[O-])cccc12. The van der Waals surface area contributed by atoms with Crippen molar-refractivity contribution in [1.29, 1.82) is 0 Å². The summed E-state index contributed by atoms with van der Waals surface area (Å²) in [5.41, 5.74) is 1.72. The van der Waals surface area contributed by atoms with Crippen molar-refractivity contribution in [3.63, 3.8) is 0 Å². The van der Waals surface area contributed by atoms with Crippen molar-refractivity contribution in [3.8, 4) is 0 Å². The summed E-state index contributed by atoms with van der Waals surface area (Å²) in [4.78, 5) is 14.7. The molecule has 2 aromatic rings. The summed E-state index contributed by atoms with van der Waals surface area (Å²) in [6, 6.07) is 7.07. The van der Waals surface area contributed by atoms with Gasteiger partial charge in [0, 0.05) is 17.6 Å². The Bertz CT molecular complexity index is 552. The number of hydrogen-bond donors (Lipinski definition) is 0. The minimum absolute atomic E-state index is 0.0841. The average molecular weight is 230 g/mol. The van der Waals surface area contributed by atoms with Crippen molar-refractivity contribution in [1.82, 2.24) is 4.98 Å². The molecule has 0 radical (unpaired) electrons. The number of benzene rings is 1. The molecule has 0 aliphatic carbocycles. The number of nitrogens with zero attached hydrogens (tertiary/aromatic N) is 2. The first-order valence-electron chi connectivity index (χ1n) is 5.75. The van der Waals surface area contributed by atoms with Crippen LogP contribution >= 0.6 is 0 Å². The maximum absolute atomic E-state index is 10.9. The average Bonchev–Trinajstić information content (AvgIpc) is 2.35. The molecule has 0 spiro atoms. The lowest BCUT2D eigenvalue weighted by molar-refractivity contribution is -0.383. The van der Waals surface area contributed by atoms with Crippen molar-refractivity contribution in [2.45, 2.75) is 26.2 Å². The highest BCUT2D eigenvalue weighted by Crippen LogP contribution is 2.26. The third-order valence-corrected chi connectivity index (χ3v) is 2.84. The van der Waals surface area contributed by atoms with E-state index in [1.54, 1.807) is 12.3 Å². The van der Waals surface area contributed by atoms with Gasteiger partial charge in [-0.3, -0.25) is 10.1 Å². The van der Waals surface area contributed by atoms with Crippen molar-refractivity contribution in [2.75, 3.05) is 0 Å². The van der Waals surface area contributed by atoms with Crippen LogP contribution < -0.4 is 0 Å². The first-order valence-corrected chi connectivity index (χ1v) is 5.75. The number of para-hydroxylation sites is 1. The van der Waals surface area contributed by atoms with Gasteiger partial charge in [-0.2, -0.15) is 0 Å². The predicted molar refractivity (Wildman–Crippen MR) is 67.0 cm³/mol. The van der Waals surface area contributed by atoms with E-state index in [9.17, 15) is 10.1 Å². The Morgan fingerprint density at radius 1 is 1.35 bits per heavy atom. The molecule has 17 heavy (non-hydrogen) atoms. The van der Waals surface area contributed by atoms with Crippen LogP contribution in [0, 0.1) is 10.1 Å². The van der Waals surface area contributed by atoms with Gasteiger partial charge in [-0.1, -0.05) is 25.5 Å². The fourth-order valence-electron chi connectivity index (χ4n) is 1.95. The number of aryl methyl sites for hydroxylation is 1. The van der Waals surface area contributed by atoms with Crippen LogP contribution in [0.2, 0.25) is 0 Å². The lowest BCUT2D eigenvalue weighted by Gasteiger charge is -2.05. The molecular formula is C13H14N2O2. The van der Waals surface area contributed by atoms with Crippen LogP contribution in [0.15, 0.2) is 30.5 Å². The molecule has 4 nitrogen and oxygen atoms in total. The van der Waals surface area contributed by atoms with Gasteiger partial charge in [-0.15, -0.1) is 0 Å². The zero-order chi connectivity index (χ0) is 12.3. The molecule has 0 saturated carbocycles. The molecule has 0 saturated heterocycles. The maximum atomic E-state index is 10.9. The standard InChI is InChI=1S/C13H14N2O2/c1-2-3-5-10-8-9-14-13-11(10)6-4-7-12(13)15(16)17/h4,6-9H,2-3,5H2,1H3. The number of rotatable bonds is 4. The number of non-ortho nitro benzene ring substituents is 1. The monoisotopic (exact) mass is 230 g/mol. The van der Waals surface area contributed by atoms with E-state index in [0.717, 1.165) is 30.2 Å². The molecule has 0 aliphatic rings. The van der Waals surface area contributed by atoms with E-state index in [0.29, 0.717) is 5.52 Å².